The van der Waals surface area contributed by atoms with Crippen molar-refractivity contribution in [1.29, 1.82) is 10.7 Å². The Labute approximate surface area is 217 Å². The van der Waals surface area contributed by atoms with E-state index in [0.717, 1.165) is 49.2 Å². The maximum atomic E-state index is 10.9. The lowest BCUT2D eigenvalue weighted by molar-refractivity contribution is 0.199. The molecule has 0 aliphatic carbocycles. The second-order valence-corrected chi connectivity index (χ2v) is 8.52. The number of amides is 1. The molecule has 188 valence electrons. The van der Waals surface area contributed by atoms with Crippen molar-refractivity contribution < 1.29 is 14.6 Å². The molecule has 11 heteroatoms. The van der Waals surface area contributed by atoms with Crippen LogP contribution in [-0.2, 0) is 6.42 Å². The molecule has 1 fully saturated rings. The minimum absolute atomic E-state index is 0. The SMILES string of the molecule is Cl.Cl.N#CC1(CCOc2ccc3c(c2)C(C(=N)NC(=O)O)NCC3)CCN(c2ccncc2)CC1. The van der Waals surface area contributed by atoms with E-state index in [0.29, 0.717) is 25.3 Å². The molecule has 1 atom stereocenters. The first-order valence-corrected chi connectivity index (χ1v) is 11.1. The van der Waals surface area contributed by atoms with Gasteiger partial charge in [0.1, 0.15) is 11.6 Å². The quantitative estimate of drug-likeness (QED) is 0.334. The van der Waals surface area contributed by atoms with Crippen LogP contribution in [0.3, 0.4) is 0 Å². The van der Waals surface area contributed by atoms with Crippen molar-refractivity contribution in [2.45, 2.75) is 31.7 Å². The minimum atomic E-state index is -1.25. The summed E-state index contributed by atoms with van der Waals surface area (Å²) in [5, 5.41) is 32.3. The average Bonchev–Trinajstić information content (AvgIpc) is 2.84. The maximum absolute atomic E-state index is 10.9. The number of ether oxygens (including phenoxy) is 1. The third kappa shape index (κ3) is 6.75. The van der Waals surface area contributed by atoms with Crippen molar-refractivity contribution >= 4 is 42.4 Å². The van der Waals surface area contributed by atoms with Crippen LogP contribution in [-0.4, -0.2) is 48.3 Å². The van der Waals surface area contributed by atoms with Gasteiger partial charge < -0.3 is 20.1 Å². The lowest BCUT2D eigenvalue weighted by Gasteiger charge is -2.38. The van der Waals surface area contributed by atoms with Gasteiger partial charge in [-0.05, 0) is 54.7 Å². The highest BCUT2D eigenvalue weighted by Gasteiger charge is 2.35. The molecule has 2 aromatic rings. The number of nitrogens with zero attached hydrogens (tertiary/aromatic N) is 3. The van der Waals surface area contributed by atoms with Crippen LogP contribution < -0.4 is 20.3 Å². The number of aromatic nitrogens is 1. The molecule has 2 aliphatic rings. The number of carbonyl (C=O) groups is 1. The molecule has 4 rings (SSSR count). The topological polar surface area (TPSA) is 134 Å². The fourth-order valence-electron chi connectivity index (χ4n) is 4.60. The molecule has 1 amide bonds. The number of rotatable bonds is 6. The Morgan fingerprint density at radius 3 is 2.66 bits per heavy atom. The monoisotopic (exact) mass is 520 g/mol. The average molecular weight is 521 g/mol. The van der Waals surface area contributed by atoms with Crippen LogP contribution in [0.25, 0.3) is 0 Å². The molecule has 1 aromatic carbocycles. The van der Waals surface area contributed by atoms with Gasteiger partial charge in [-0.1, -0.05) is 6.07 Å². The van der Waals surface area contributed by atoms with Crippen molar-refractivity contribution in [2.75, 3.05) is 31.1 Å². The summed E-state index contributed by atoms with van der Waals surface area (Å²) in [7, 11) is 0. The number of amidine groups is 1. The Balaban J connectivity index is 0.00000216. The number of carboxylic acid groups (broad SMARTS) is 1. The Bertz CT molecular complexity index is 1050. The second-order valence-electron chi connectivity index (χ2n) is 8.52. The van der Waals surface area contributed by atoms with E-state index in [1.54, 1.807) is 12.4 Å². The minimum Gasteiger partial charge on any atom is -0.494 e. The molecule has 2 aliphatic heterocycles. The molecule has 35 heavy (non-hydrogen) atoms. The van der Waals surface area contributed by atoms with Gasteiger partial charge in [0.05, 0.1) is 24.1 Å². The van der Waals surface area contributed by atoms with E-state index < -0.39 is 17.6 Å². The summed E-state index contributed by atoms with van der Waals surface area (Å²) in [6.07, 6.45) is 5.33. The summed E-state index contributed by atoms with van der Waals surface area (Å²) in [6, 6.07) is 11.8. The standard InChI is InChI=1S/C24H28N6O3.2ClH/c25-16-24(6-12-30(13-7-24)18-4-9-27-10-5-18)8-14-33-19-2-1-17-3-11-28-21(20(17)15-19)22(26)29-23(31)32;;/h1-2,4-5,9-10,15,21,28H,3,6-8,11-14H2,(H2,26,29)(H,31,32);2*1H. The zero-order valence-electron chi connectivity index (χ0n) is 19.2. The lowest BCUT2D eigenvalue weighted by atomic mass is 9.77. The predicted molar refractivity (Wildman–Crippen MR) is 138 cm³/mol. The molecule has 4 N–H and O–H groups in total. The summed E-state index contributed by atoms with van der Waals surface area (Å²) in [5.41, 5.74) is 2.64. The van der Waals surface area contributed by atoms with Gasteiger partial charge >= 0.3 is 6.09 Å². The first-order valence-electron chi connectivity index (χ1n) is 11.1. The van der Waals surface area contributed by atoms with Crippen molar-refractivity contribution in [3.8, 4) is 11.8 Å². The Morgan fingerprint density at radius 1 is 1.29 bits per heavy atom. The summed E-state index contributed by atoms with van der Waals surface area (Å²) in [4.78, 5) is 17.3. The molecule has 0 spiro atoms. The van der Waals surface area contributed by atoms with Crippen LogP contribution in [0.4, 0.5) is 10.5 Å². The number of hydrogen-bond acceptors (Lipinski definition) is 7. The molecular formula is C24H30Cl2N6O3. The first kappa shape index (κ1) is 28.2. The number of fused-ring (bicyclic) bond motifs is 1. The normalized spacial score (nSPS) is 18.0. The van der Waals surface area contributed by atoms with E-state index in [-0.39, 0.29) is 30.6 Å². The van der Waals surface area contributed by atoms with Crippen LogP contribution in [0, 0.1) is 22.2 Å². The third-order valence-corrected chi connectivity index (χ3v) is 6.54. The van der Waals surface area contributed by atoms with E-state index in [9.17, 15) is 10.1 Å². The number of piperidine rings is 1. The van der Waals surface area contributed by atoms with E-state index in [2.05, 4.69) is 26.6 Å². The van der Waals surface area contributed by atoms with Crippen LogP contribution in [0.5, 0.6) is 5.75 Å². The number of nitrogens with one attached hydrogen (secondary N) is 3. The van der Waals surface area contributed by atoms with Crippen molar-refractivity contribution in [3.05, 3.63) is 53.9 Å². The van der Waals surface area contributed by atoms with E-state index >= 15 is 0 Å². The summed E-state index contributed by atoms with van der Waals surface area (Å²) in [5.74, 6) is 0.554. The van der Waals surface area contributed by atoms with Crippen molar-refractivity contribution in [1.82, 2.24) is 15.6 Å². The zero-order valence-corrected chi connectivity index (χ0v) is 20.8. The lowest BCUT2D eigenvalue weighted by Crippen LogP contribution is -2.42. The molecule has 1 unspecified atom stereocenters. The van der Waals surface area contributed by atoms with Gasteiger partial charge in [0.2, 0.25) is 0 Å². The van der Waals surface area contributed by atoms with Gasteiger partial charge in [-0.25, -0.2) is 4.79 Å². The maximum Gasteiger partial charge on any atom is 0.410 e. The van der Waals surface area contributed by atoms with Crippen LogP contribution >= 0.6 is 24.8 Å². The number of hydrogen-bond donors (Lipinski definition) is 4. The molecule has 3 heterocycles. The summed E-state index contributed by atoms with van der Waals surface area (Å²) < 4.78 is 6.01. The highest BCUT2D eigenvalue weighted by atomic mass is 35.5. The molecule has 0 bridgehead atoms. The summed E-state index contributed by atoms with van der Waals surface area (Å²) in [6.45, 7) is 2.73. The molecule has 1 aromatic heterocycles. The highest BCUT2D eigenvalue weighted by molar-refractivity contribution is 5.97. The smallest absolute Gasteiger partial charge is 0.410 e. The van der Waals surface area contributed by atoms with E-state index in [4.69, 9.17) is 15.3 Å². The highest BCUT2D eigenvalue weighted by Crippen LogP contribution is 2.36. The fraction of sp³-hybridized carbons (Fsp3) is 0.417. The third-order valence-electron chi connectivity index (χ3n) is 6.54. The summed E-state index contributed by atoms with van der Waals surface area (Å²) >= 11 is 0. The van der Waals surface area contributed by atoms with Gasteiger partial charge in [0, 0.05) is 44.1 Å². The first-order chi connectivity index (χ1) is 16.0. The Kier molecular flexibility index (Phi) is 10.1. The molecule has 9 nitrogen and oxygen atoms in total. The van der Waals surface area contributed by atoms with E-state index in [1.165, 1.54) is 0 Å². The van der Waals surface area contributed by atoms with E-state index in [1.807, 2.05) is 30.3 Å². The Morgan fingerprint density at radius 2 is 2.00 bits per heavy atom. The number of benzene rings is 1. The number of nitriles is 1. The largest absolute Gasteiger partial charge is 0.494 e. The number of anilines is 1. The molecule has 0 radical (unpaired) electrons. The zero-order chi connectivity index (χ0) is 23.3. The molecular weight excluding hydrogens is 491 g/mol. The second kappa shape index (κ2) is 12.6. The molecule has 0 saturated carbocycles. The van der Waals surface area contributed by atoms with Crippen LogP contribution in [0.15, 0.2) is 42.7 Å². The van der Waals surface area contributed by atoms with Crippen LogP contribution in [0.1, 0.15) is 36.4 Å². The van der Waals surface area contributed by atoms with Gasteiger partial charge in [-0.15, -0.1) is 24.8 Å². The van der Waals surface area contributed by atoms with Crippen LogP contribution in [0.2, 0.25) is 0 Å². The Hall–Kier alpha value is -3.06. The fourth-order valence-corrected chi connectivity index (χ4v) is 4.60. The van der Waals surface area contributed by atoms with Gasteiger partial charge in [-0.2, -0.15) is 5.26 Å². The van der Waals surface area contributed by atoms with Crippen molar-refractivity contribution in [2.24, 2.45) is 5.41 Å². The predicted octanol–water partition coefficient (Wildman–Crippen LogP) is 3.94. The van der Waals surface area contributed by atoms with Gasteiger partial charge in [-0.3, -0.25) is 15.7 Å². The van der Waals surface area contributed by atoms with Gasteiger partial charge in [0.25, 0.3) is 0 Å². The molecule has 1 saturated heterocycles. The number of pyridine rings is 1. The number of halogens is 2. The van der Waals surface area contributed by atoms with Gasteiger partial charge in [0.15, 0.2) is 0 Å². The van der Waals surface area contributed by atoms with Crippen molar-refractivity contribution in [3.63, 3.8) is 0 Å².